The Hall–Kier alpha value is -2.74. The summed E-state index contributed by atoms with van der Waals surface area (Å²) in [5, 5.41) is 13.7. The van der Waals surface area contributed by atoms with Crippen molar-refractivity contribution in [1.29, 1.82) is 5.26 Å². The lowest BCUT2D eigenvalue weighted by molar-refractivity contribution is 0.818. The molecular weight excluding hydrogens is 250 g/mol. The molecule has 5 nitrogen and oxygen atoms in total. The summed E-state index contributed by atoms with van der Waals surface area (Å²) in [4.78, 5) is 8.40. The molecule has 5 heteroatoms. The number of fused-ring (bicyclic) bond motifs is 1. The van der Waals surface area contributed by atoms with E-state index >= 15 is 0 Å². The van der Waals surface area contributed by atoms with Gasteiger partial charge < -0.3 is 0 Å². The van der Waals surface area contributed by atoms with E-state index in [4.69, 9.17) is 0 Å². The van der Waals surface area contributed by atoms with Crippen LogP contribution in [-0.4, -0.2) is 19.6 Å². The molecule has 98 valence electrons. The van der Waals surface area contributed by atoms with E-state index in [0.717, 1.165) is 22.5 Å². The second-order valence-corrected chi connectivity index (χ2v) is 4.77. The quantitative estimate of drug-likeness (QED) is 0.712. The van der Waals surface area contributed by atoms with E-state index in [1.54, 1.807) is 4.52 Å². The monoisotopic (exact) mass is 263 g/mol. The average Bonchev–Trinajstić information content (AvgIpc) is 2.87. The summed E-state index contributed by atoms with van der Waals surface area (Å²) in [7, 11) is 0. The van der Waals surface area contributed by atoms with Gasteiger partial charge in [0.25, 0.3) is 5.78 Å². The van der Waals surface area contributed by atoms with Crippen LogP contribution in [-0.2, 0) is 0 Å². The maximum Gasteiger partial charge on any atom is 0.252 e. The molecule has 0 unspecified atom stereocenters. The van der Waals surface area contributed by atoms with Crippen molar-refractivity contribution >= 4 is 5.78 Å². The van der Waals surface area contributed by atoms with E-state index in [0.29, 0.717) is 5.78 Å². The zero-order valence-electron chi connectivity index (χ0n) is 11.3. The molecule has 0 bridgehead atoms. The summed E-state index contributed by atoms with van der Waals surface area (Å²) in [5.74, 6) is 0.133. The first kappa shape index (κ1) is 12.3. The summed E-state index contributed by atoms with van der Waals surface area (Å²) in [6.07, 6.45) is 1.45. The Bertz CT molecular complexity index is 812. The number of hydrogen-bond donors (Lipinski definition) is 0. The average molecular weight is 263 g/mol. The molecule has 1 aromatic carbocycles. The third-order valence-corrected chi connectivity index (χ3v) is 3.21. The lowest BCUT2D eigenvalue weighted by atomic mass is 9.95. The minimum Gasteiger partial charge on any atom is -0.216 e. The van der Waals surface area contributed by atoms with Gasteiger partial charge in [-0.15, -0.1) is 0 Å². The van der Waals surface area contributed by atoms with Gasteiger partial charge in [0.1, 0.15) is 12.2 Å². The smallest absolute Gasteiger partial charge is 0.216 e. The van der Waals surface area contributed by atoms with Crippen LogP contribution in [0, 0.1) is 25.2 Å². The van der Waals surface area contributed by atoms with Crippen molar-refractivity contribution in [3.63, 3.8) is 0 Å². The zero-order valence-corrected chi connectivity index (χ0v) is 11.3. The molecule has 0 N–H and O–H groups in total. The Morgan fingerprint density at radius 2 is 2.10 bits per heavy atom. The van der Waals surface area contributed by atoms with Crippen molar-refractivity contribution in [1.82, 2.24) is 19.6 Å². The predicted molar refractivity (Wildman–Crippen MR) is 74.2 cm³/mol. The minimum atomic E-state index is -0.388. The number of aromatic nitrogens is 4. The van der Waals surface area contributed by atoms with Crippen LogP contribution in [0.5, 0.6) is 0 Å². The highest BCUT2D eigenvalue weighted by molar-refractivity contribution is 5.41. The molecule has 0 spiro atoms. The molecular formula is C15H13N5. The number of aryl methyl sites for hydroxylation is 2. The van der Waals surface area contributed by atoms with Crippen LogP contribution in [0.25, 0.3) is 5.78 Å². The maximum absolute atomic E-state index is 9.58. The van der Waals surface area contributed by atoms with Gasteiger partial charge in [-0.3, -0.25) is 0 Å². The van der Waals surface area contributed by atoms with E-state index in [9.17, 15) is 5.26 Å². The molecule has 0 fully saturated rings. The first-order valence-electron chi connectivity index (χ1n) is 6.32. The lowest BCUT2D eigenvalue weighted by Gasteiger charge is -2.12. The van der Waals surface area contributed by atoms with Gasteiger partial charge in [-0.05, 0) is 25.5 Å². The van der Waals surface area contributed by atoms with E-state index in [1.165, 1.54) is 6.33 Å². The Morgan fingerprint density at radius 3 is 2.85 bits per heavy atom. The predicted octanol–water partition coefficient (Wildman–Crippen LogP) is 2.40. The molecule has 0 saturated heterocycles. The van der Waals surface area contributed by atoms with E-state index in [1.807, 2.05) is 44.2 Å². The molecule has 0 radical (unpaired) electrons. The Labute approximate surface area is 116 Å². The van der Waals surface area contributed by atoms with Gasteiger partial charge in [0.05, 0.1) is 11.8 Å². The maximum atomic E-state index is 9.58. The van der Waals surface area contributed by atoms with Crippen LogP contribution >= 0.6 is 0 Å². The zero-order chi connectivity index (χ0) is 14.1. The second-order valence-electron chi connectivity index (χ2n) is 4.77. The lowest BCUT2D eigenvalue weighted by Crippen LogP contribution is -2.08. The topological polar surface area (TPSA) is 66.9 Å². The summed E-state index contributed by atoms with van der Waals surface area (Å²) in [6.45, 7) is 3.91. The molecule has 0 saturated carbocycles. The summed E-state index contributed by atoms with van der Waals surface area (Å²) in [5.41, 5.74) is 3.70. The molecule has 0 amide bonds. The van der Waals surface area contributed by atoms with Crippen LogP contribution in [0.3, 0.4) is 0 Å². The van der Waals surface area contributed by atoms with Gasteiger partial charge in [-0.1, -0.05) is 29.8 Å². The number of nitrogens with zero attached hydrogens (tertiary/aromatic N) is 5. The molecule has 1 atom stereocenters. The molecule has 2 aromatic heterocycles. The second kappa shape index (κ2) is 4.74. The fourth-order valence-corrected chi connectivity index (χ4v) is 2.33. The van der Waals surface area contributed by atoms with Crippen LogP contribution in [0.15, 0.2) is 36.7 Å². The first-order valence-corrected chi connectivity index (χ1v) is 6.32. The van der Waals surface area contributed by atoms with Crippen molar-refractivity contribution in [2.75, 3.05) is 0 Å². The third kappa shape index (κ3) is 2.01. The van der Waals surface area contributed by atoms with Crippen molar-refractivity contribution < 1.29 is 0 Å². The molecule has 3 aromatic rings. The molecule has 0 aliphatic carbocycles. The standard InChI is InChI=1S/C15H13N5/c1-10-4-3-5-12(6-10)13(8-16)14-7-11(2)19-15-17-9-18-20(14)15/h3-7,9,13H,1-2H3/t13-/m0/s1. The van der Waals surface area contributed by atoms with Crippen LogP contribution in [0.1, 0.15) is 28.4 Å². The van der Waals surface area contributed by atoms with E-state index in [-0.39, 0.29) is 5.92 Å². The van der Waals surface area contributed by atoms with Crippen molar-refractivity contribution in [2.24, 2.45) is 0 Å². The first-order chi connectivity index (χ1) is 9.69. The summed E-state index contributed by atoms with van der Waals surface area (Å²) >= 11 is 0. The van der Waals surface area contributed by atoms with Crippen LogP contribution in [0.2, 0.25) is 0 Å². The molecule has 3 rings (SSSR count). The summed E-state index contributed by atoms with van der Waals surface area (Å²) in [6, 6.07) is 12.2. The number of nitriles is 1. The van der Waals surface area contributed by atoms with Crippen molar-refractivity contribution in [3.8, 4) is 6.07 Å². The van der Waals surface area contributed by atoms with Gasteiger partial charge in [-0.2, -0.15) is 19.9 Å². The SMILES string of the molecule is Cc1cccc([C@H](C#N)c2cc(C)nc3ncnn23)c1. The molecule has 20 heavy (non-hydrogen) atoms. The Morgan fingerprint density at radius 1 is 1.25 bits per heavy atom. The van der Waals surface area contributed by atoms with Gasteiger partial charge in [-0.25, -0.2) is 4.98 Å². The third-order valence-electron chi connectivity index (χ3n) is 3.21. The van der Waals surface area contributed by atoms with Gasteiger partial charge >= 0.3 is 0 Å². The van der Waals surface area contributed by atoms with Crippen LogP contribution in [0.4, 0.5) is 0 Å². The largest absolute Gasteiger partial charge is 0.252 e. The number of benzene rings is 1. The van der Waals surface area contributed by atoms with Gasteiger partial charge in [0, 0.05) is 5.69 Å². The normalized spacial score (nSPS) is 12.2. The van der Waals surface area contributed by atoms with Gasteiger partial charge in [0.15, 0.2) is 0 Å². The Kier molecular flexibility index (Phi) is 2.92. The highest BCUT2D eigenvalue weighted by atomic mass is 15.3. The fourth-order valence-electron chi connectivity index (χ4n) is 2.33. The highest BCUT2D eigenvalue weighted by Gasteiger charge is 2.18. The van der Waals surface area contributed by atoms with Crippen molar-refractivity contribution in [2.45, 2.75) is 19.8 Å². The molecule has 0 aliphatic rings. The number of rotatable bonds is 2. The Balaban J connectivity index is 2.22. The van der Waals surface area contributed by atoms with Crippen molar-refractivity contribution in [3.05, 3.63) is 59.2 Å². The minimum absolute atomic E-state index is 0.388. The van der Waals surface area contributed by atoms with E-state index in [2.05, 4.69) is 21.1 Å². The van der Waals surface area contributed by atoms with Gasteiger partial charge in [0.2, 0.25) is 0 Å². The number of hydrogen-bond acceptors (Lipinski definition) is 4. The molecule has 0 aliphatic heterocycles. The van der Waals surface area contributed by atoms with Crippen LogP contribution < -0.4 is 0 Å². The molecule has 2 heterocycles. The summed E-state index contributed by atoms with van der Waals surface area (Å²) < 4.78 is 1.63. The van der Waals surface area contributed by atoms with E-state index < -0.39 is 0 Å². The highest BCUT2D eigenvalue weighted by Crippen LogP contribution is 2.25. The fraction of sp³-hybridized carbons (Fsp3) is 0.200.